The summed E-state index contributed by atoms with van der Waals surface area (Å²) in [6.45, 7) is 10.5. The van der Waals surface area contributed by atoms with E-state index in [2.05, 4.69) is 56.5 Å². The van der Waals surface area contributed by atoms with Crippen LogP contribution in [-0.2, 0) is 27.8 Å². The third kappa shape index (κ3) is 8.08. The molecule has 0 bridgehead atoms. The molecule has 1 amide bonds. The molecule has 0 unspecified atom stereocenters. The average molecular weight is 570 g/mol. The highest BCUT2D eigenvalue weighted by Crippen LogP contribution is 2.32. The van der Waals surface area contributed by atoms with Crippen LogP contribution in [-0.4, -0.2) is 43.4 Å². The zero-order valence-corrected chi connectivity index (χ0v) is 25.5. The second-order valence-electron chi connectivity index (χ2n) is 12.3. The van der Waals surface area contributed by atoms with Crippen molar-refractivity contribution in [2.75, 3.05) is 13.2 Å². The van der Waals surface area contributed by atoms with Crippen LogP contribution in [0.2, 0.25) is 0 Å². The number of amides is 1. The minimum absolute atomic E-state index is 0.0326. The fourth-order valence-electron chi connectivity index (χ4n) is 5.63. The lowest BCUT2D eigenvalue weighted by atomic mass is 9.86. The van der Waals surface area contributed by atoms with Crippen LogP contribution < -0.4 is 15.4 Å². The summed E-state index contributed by atoms with van der Waals surface area (Å²) in [7, 11) is -3.71. The second kappa shape index (κ2) is 13.5. The minimum atomic E-state index is -3.71. The Morgan fingerprint density at radius 1 is 1.05 bits per heavy atom. The number of hydrogen-bond acceptors (Lipinski definition) is 5. The molecule has 2 atom stereocenters. The summed E-state index contributed by atoms with van der Waals surface area (Å²) in [6.07, 6.45) is 7.53. The van der Waals surface area contributed by atoms with Crippen LogP contribution in [0.25, 0.3) is 0 Å². The maximum absolute atomic E-state index is 13.6. The van der Waals surface area contributed by atoms with E-state index in [0.717, 1.165) is 51.5 Å². The highest BCUT2D eigenvalue weighted by atomic mass is 32.2. The quantitative estimate of drug-likeness (QED) is 0.330. The number of carbonyl (C=O) groups excluding carboxylic acids is 1. The Morgan fingerprint density at radius 3 is 2.55 bits per heavy atom. The lowest BCUT2D eigenvalue weighted by molar-refractivity contribution is -0.123. The summed E-state index contributed by atoms with van der Waals surface area (Å²) in [5.41, 5.74) is 3.80. The van der Waals surface area contributed by atoms with Gasteiger partial charge in [0.25, 0.3) is 0 Å². The summed E-state index contributed by atoms with van der Waals surface area (Å²) in [6, 6.07) is 12.9. The Morgan fingerprint density at radius 2 is 1.82 bits per heavy atom. The van der Waals surface area contributed by atoms with Crippen molar-refractivity contribution in [2.45, 2.75) is 115 Å². The topological polar surface area (TPSA) is 87.7 Å². The van der Waals surface area contributed by atoms with E-state index < -0.39 is 10.0 Å². The van der Waals surface area contributed by atoms with Gasteiger partial charge in [0.1, 0.15) is 5.75 Å². The fourth-order valence-corrected chi connectivity index (χ4v) is 7.33. The van der Waals surface area contributed by atoms with E-state index >= 15 is 0 Å². The normalized spacial score (nSPS) is 20.1. The van der Waals surface area contributed by atoms with Crippen LogP contribution in [0, 0.1) is 0 Å². The second-order valence-corrected chi connectivity index (χ2v) is 14.2. The zero-order valence-electron chi connectivity index (χ0n) is 24.7. The highest BCUT2D eigenvalue weighted by molar-refractivity contribution is 7.89. The summed E-state index contributed by atoms with van der Waals surface area (Å²) >= 11 is 0. The molecule has 8 heteroatoms. The minimum Gasteiger partial charge on any atom is -0.494 e. The van der Waals surface area contributed by atoms with Crippen molar-refractivity contribution in [1.82, 2.24) is 14.9 Å². The van der Waals surface area contributed by atoms with Gasteiger partial charge < -0.3 is 15.4 Å². The Balaban J connectivity index is 1.40. The van der Waals surface area contributed by atoms with Gasteiger partial charge in [0.2, 0.25) is 15.9 Å². The van der Waals surface area contributed by atoms with Gasteiger partial charge >= 0.3 is 0 Å². The molecule has 1 saturated heterocycles. The number of sulfonamides is 1. The number of nitrogens with zero attached hydrogens (tertiary/aromatic N) is 1. The van der Waals surface area contributed by atoms with Crippen molar-refractivity contribution in [3.8, 4) is 5.75 Å². The molecule has 2 N–H and O–H groups in total. The molecule has 0 aromatic heterocycles. The van der Waals surface area contributed by atoms with E-state index in [4.69, 9.17) is 4.74 Å². The Hall–Kier alpha value is -2.42. The Kier molecular flexibility index (Phi) is 10.3. The first-order chi connectivity index (χ1) is 19.1. The fraction of sp³-hybridized carbons (Fsp3) is 0.594. The van der Waals surface area contributed by atoms with Gasteiger partial charge in [-0.3, -0.25) is 4.79 Å². The van der Waals surface area contributed by atoms with Gasteiger partial charge in [-0.15, -0.1) is 0 Å². The number of unbranched alkanes of at least 4 members (excludes halogenated alkanes) is 1. The van der Waals surface area contributed by atoms with E-state index in [1.807, 2.05) is 0 Å². The Bertz CT molecular complexity index is 1240. The molecule has 0 saturated carbocycles. The molecular weight excluding hydrogens is 522 g/mol. The zero-order chi connectivity index (χ0) is 28.8. The van der Waals surface area contributed by atoms with Crippen LogP contribution in [0.3, 0.4) is 0 Å². The summed E-state index contributed by atoms with van der Waals surface area (Å²) in [5.74, 6) is 0.593. The van der Waals surface area contributed by atoms with Gasteiger partial charge in [0.05, 0.1) is 17.5 Å². The first-order valence-corrected chi connectivity index (χ1v) is 16.4. The van der Waals surface area contributed by atoms with Gasteiger partial charge in [-0.05, 0) is 100 Å². The molecule has 7 nitrogen and oxygen atoms in total. The highest BCUT2D eigenvalue weighted by Gasteiger charge is 2.35. The third-order valence-corrected chi connectivity index (χ3v) is 9.84. The number of hydrogen-bond donors (Lipinski definition) is 2. The molecule has 40 heavy (non-hydrogen) atoms. The van der Waals surface area contributed by atoms with E-state index in [1.54, 1.807) is 28.6 Å². The van der Waals surface area contributed by atoms with E-state index in [0.29, 0.717) is 25.3 Å². The van der Waals surface area contributed by atoms with E-state index in [9.17, 15) is 13.2 Å². The van der Waals surface area contributed by atoms with Gasteiger partial charge in [-0.2, -0.15) is 4.31 Å². The van der Waals surface area contributed by atoms with Gasteiger partial charge in [-0.25, -0.2) is 8.42 Å². The van der Waals surface area contributed by atoms with Crippen molar-refractivity contribution >= 4 is 15.9 Å². The molecule has 2 aromatic carbocycles. The number of piperidine rings is 1. The average Bonchev–Trinajstić information content (AvgIpc) is 2.92. The number of benzene rings is 2. The van der Waals surface area contributed by atoms with Crippen molar-refractivity contribution in [1.29, 1.82) is 0 Å². The van der Waals surface area contributed by atoms with Crippen molar-refractivity contribution in [3.05, 3.63) is 59.2 Å². The molecule has 1 aliphatic carbocycles. The summed E-state index contributed by atoms with van der Waals surface area (Å²) < 4.78 is 34.4. The monoisotopic (exact) mass is 569 g/mol. The molecule has 4 rings (SSSR count). The largest absolute Gasteiger partial charge is 0.494 e. The Labute approximate surface area is 241 Å². The number of carbonyl (C=O) groups is 1. The standard InChI is InChI=1S/C32H47N3O4S/c1-5-6-20-39-27-14-16-28(17-15-27)40(37,38)35-19-8-7-11-26(35)22-31(36)34-30-12-9-10-25-21-24(13-18-29(25)30)23-33-32(2,3)4/h13-18,21,26,30,33H,5-12,19-20,22-23H2,1-4H3,(H,34,36)/t26-,30+/m0/s1. The predicted molar refractivity (Wildman–Crippen MR) is 160 cm³/mol. The predicted octanol–water partition coefficient (Wildman–Crippen LogP) is 5.88. The lowest BCUT2D eigenvalue weighted by Gasteiger charge is -2.35. The molecule has 220 valence electrons. The molecule has 1 fully saturated rings. The van der Waals surface area contributed by atoms with Gasteiger partial charge in [-0.1, -0.05) is 38.0 Å². The number of aryl methyl sites for hydroxylation is 1. The molecule has 1 aliphatic heterocycles. The lowest BCUT2D eigenvalue weighted by Crippen LogP contribution is -2.46. The van der Waals surface area contributed by atoms with Crippen molar-refractivity contribution in [2.24, 2.45) is 0 Å². The maximum atomic E-state index is 13.6. The third-order valence-electron chi connectivity index (χ3n) is 7.87. The van der Waals surface area contributed by atoms with Gasteiger partial charge in [0, 0.05) is 31.1 Å². The first kappa shape index (κ1) is 30.5. The van der Waals surface area contributed by atoms with E-state index in [1.165, 1.54) is 16.7 Å². The molecule has 1 heterocycles. The molecule has 2 aliphatic rings. The van der Waals surface area contributed by atoms with Gasteiger partial charge in [0.15, 0.2) is 0 Å². The van der Waals surface area contributed by atoms with Crippen LogP contribution >= 0.6 is 0 Å². The molecule has 0 radical (unpaired) electrons. The van der Waals surface area contributed by atoms with Crippen LogP contribution in [0.15, 0.2) is 47.4 Å². The number of rotatable bonds is 11. The van der Waals surface area contributed by atoms with Crippen LogP contribution in [0.1, 0.15) is 102 Å². The van der Waals surface area contributed by atoms with E-state index in [-0.39, 0.29) is 34.8 Å². The number of ether oxygens (including phenoxy) is 1. The smallest absolute Gasteiger partial charge is 0.243 e. The molecule has 2 aromatic rings. The van der Waals surface area contributed by atoms with Crippen LogP contribution in [0.5, 0.6) is 5.75 Å². The van der Waals surface area contributed by atoms with Crippen molar-refractivity contribution in [3.63, 3.8) is 0 Å². The number of nitrogens with one attached hydrogen (secondary N) is 2. The van der Waals surface area contributed by atoms with Crippen molar-refractivity contribution < 1.29 is 17.9 Å². The summed E-state index contributed by atoms with van der Waals surface area (Å²) in [4.78, 5) is 13.5. The molecular formula is C32H47N3O4S. The number of fused-ring (bicyclic) bond motifs is 1. The first-order valence-electron chi connectivity index (χ1n) is 15.0. The molecule has 0 spiro atoms. The van der Waals surface area contributed by atoms with Crippen LogP contribution in [0.4, 0.5) is 0 Å². The summed E-state index contributed by atoms with van der Waals surface area (Å²) in [5, 5.41) is 6.79. The SMILES string of the molecule is CCCCOc1ccc(S(=O)(=O)N2CCCC[C@H]2CC(=O)N[C@@H]2CCCc3cc(CNC(C)(C)C)ccc32)cc1. The maximum Gasteiger partial charge on any atom is 0.243 e.